The van der Waals surface area contributed by atoms with E-state index < -0.39 is 0 Å². The minimum absolute atomic E-state index is 0. The zero-order valence-electron chi connectivity index (χ0n) is 18.5. The molecule has 1 aliphatic carbocycles. The standard InChI is InChI=1S/C20H36N6O2.HI/c1-6-17-16(19(28-5)26(4)24-17)13-22-20(23-14-18(27)25(2)3)21-12-15-10-8-7-9-11-15;/h15H,6-14H2,1-5H3,(H2,21,22,23);1H. The van der Waals surface area contributed by atoms with Gasteiger partial charge in [-0.05, 0) is 25.2 Å². The molecule has 9 heteroatoms. The number of nitrogens with one attached hydrogen (secondary N) is 2. The Hall–Kier alpha value is -1.52. The number of nitrogens with zero attached hydrogens (tertiary/aromatic N) is 4. The highest BCUT2D eigenvalue weighted by Crippen LogP contribution is 2.24. The van der Waals surface area contributed by atoms with E-state index in [1.807, 2.05) is 7.05 Å². The first-order valence-corrected chi connectivity index (χ1v) is 10.3. The molecule has 0 atom stereocenters. The Bertz CT molecular complexity index is 668. The summed E-state index contributed by atoms with van der Waals surface area (Å²) in [6, 6.07) is 0. The summed E-state index contributed by atoms with van der Waals surface area (Å²) in [7, 11) is 7.04. The number of hydrogen-bond acceptors (Lipinski definition) is 4. The topological polar surface area (TPSA) is 83.8 Å². The zero-order valence-corrected chi connectivity index (χ0v) is 20.8. The van der Waals surface area contributed by atoms with Crippen LogP contribution in [0.4, 0.5) is 0 Å². The predicted octanol–water partition coefficient (Wildman–Crippen LogP) is 2.31. The summed E-state index contributed by atoms with van der Waals surface area (Å²) in [5.41, 5.74) is 1.98. The normalized spacial score (nSPS) is 14.9. The summed E-state index contributed by atoms with van der Waals surface area (Å²) in [4.78, 5) is 18.3. The second kappa shape index (κ2) is 12.9. The van der Waals surface area contributed by atoms with E-state index in [9.17, 15) is 4.79 Å². The van der Waals surface area contributed by atoms with Gasteiger partial charge in [-0.15, -0.1) is 24.0 Å². The molecule has 0 aromatic carbocycles. The highest BCUT2D eigenvalue weighted by atomic mass is 127. The largest absolute Gasteiger partial charge is 0.481 e. The maximum absolute atomic E-state index is 12.0. The first kappa shape index (κ1) is 25.5. The van der Waals surface area contributed by atoms with Crippen LogP contribution in [0, 0.1) is 5.92 Å². The van der Waals surface area contributed by atoms with Gasteiger partial charge in [-0.3, -0.25) is 4.79 Å². The summed E-state index contributed by atoms with van der Waals surface area (Å²) >= 11 is 0. The van der Waals surface area contributed by atoms with Gasteiger partial charge in [0.05, 0.1) is 31.5 Å². The minimum Gasteiger partial charge on any atom is -0.481 e. The van der Waals surface area contributed by atoms with Crippen LogP contribution in [0.1, 0.15) is 50.3 Å². The lowest BCUT2D eigenvalue weighted by Gasteiger charge is -2.23. The number of aliphatic imine (C=N–C) groups is 1. The number of rotatable bonds is 8. The molecule has 0 unspecified atom stereocenters. The number of carbonyl (C=O) groups excluding carboxylic acids is 1. The highest BCUT2D eigenvalue weighted by Gasteiger charge is 2.17. The molecule has 1 saturated carbocycles. The molecule has 1 aliphatic rings. The Balaban J connectivity index is 0.00000420. The number of guanidine groups is 1. The summed E-state index contributed by atoms with van der Waals surface area (Å²) in [6.07, 6.45) is 7.28. The van der Waals surface area contributed by atoms with Crippen LogP contribution in [0.25, 0.3) is 0 Å². The first-order chi connectivity index (χ1) is 13.5. The maximum atomic E-state index is 12.0. The van der Waals surface area contributed by atoms with Gasteiger partial charge in [0.25, 0.3) is 0 Å². The van der Waals surface area contributed by atoms with E-state index in [0.717, 1.165) is 30.1 Å². The summed E-state index contributed by atoms with van der Waals surface area (Å²) in [6.45, 7) is 3.63. The van der Waals surface area contributed by atoms with Crippen molar-refractivity contribution in [3.05, 3.63) is 11.3 Å². The maximum Gasteiger partial charge on any atom is 0.241 e. The molecule has 8 nitrogen and oxygen atoms in total. The van der Waals surface area contributed by atoms with Gasteiger partial charge in [0, 0.05) is 27.7 Å². The SMILES string of the molecule is CCc1nn(C)c(OC)c1CN=C(NCC(=O)N(C)C)NCC1CCCCC1.I. The molecule has 1 aromatic rings. The number of ether oxygens (including phenoxy) is 1. The van der Waals surface area contributed by atoms with E-state index >= 15 is 0 Å². The molecule has 1 heterocycles. The van der Waals surface area contributed by atoms with Crippen molar-refractivity contribution in [2.24, 2.45) is 18.0 Å². The number of aryl methyl sites for hydroxylation is 2. The van der Waals surface area contributed by atoms with Crippen molar-refractivity contribution in [1.82, 2.24) is 25.3 Å². The summed E-state index contributed by atoms with van der Waals surface area (Å²) < 4.78 is 7.26. The third kappa shape index (κ3) is 7.67. The number of likely N-dealkylation sites (N-methyl/N-ethyl adjacent to an activating group) is 1. The molecule has 0 radical (unpaired) electrons. The third-order valence-electron chi connectivity index (χ3n) is 5.28. The van der Waals surface area contributed by atoms with Crippen LogP contribution < -0.4 is 15.4 Å². The van der Waals surface area contributed by atoms with Crippen LogP contribution in [-0.4, -0.2) is 60.8 Å². The number of aromatic nitrogens is 2. The van der Waals surface area contributed by atoms with Crippen molar-refractivity contribution in [3.8, 4) is 5.88 Å². The van der Waals surface area contributed by atoms with E-state index in [4.69, 9.17) is 9.73 Å². The van der Waals surface area contributed by atoms with Gasteiger partial charge in [-0.1, -0.05) is 26.2 Å². The molecule has 0 spiro atoms. The molecule has 1 amide bonds. The fourth-order valence-electron chi connectivity index (χ4n) is 3.59. The second-order valence-electron chi connectivity index (χ2n) is 7.60. The zero-order chi connectivity index (χ0) is 20.5. The van der Waals surface area contributed by atoms with Crippen molar-refractivity contribution in [3.63, 3.8) is 0 Å². The smallest absolute Gasteiger partial charge is 0.241 e. The Morgan fingerprint density at radius 3 is 2.55 bits per heavy atom. The fourth-order valence-corrected chi connectivity index (χ4v) is 3.59. The molecular formula is C20H37IN6O2. The monoisotopic (exact) mass is 520 g/mol. The van der Waals surface area contributed by atoms with Gasteiger partial charge in [0.15, 0.2) is 5.96 Å². The fraction of sp³-hybridized carbons (Fsp3) is 0.750. The van der Waals surface area contributed by atoms with Crippen LogP contribution in [0.3, 0.4) is 0 Å². The van der Waals surface area contributed by atoms with Gasteiger partial charge < -0.3 is 20.3 Å². The molecule has 29 heavy (non-hydrogen) atoms. The van der Waals surface area contributed by atoms with Crippen LogP contribution in [0.2, 0.25) is 0 Å². The van der Waals surface area contributed by atoms with Crippen molar-refractivity contribution in [1.29, 1.82) is 0 Å². The third-order valence-corrected chi connectivity index (χ3v) is 5.28. The number of carbonyl (C=O) groups is 1. The lowest BCUT2D eigenvalue weighted by atomic mass is 9.89. The van der Waals surface area contributed by atoms with E-state index in [2.05, 4.69) is 22.7 Å². The van der Waals surface area contributed by atoms with Crippen molar-refractivity contribution >= 4 is 35.8 Å². The van der Waals surface area contributed by atoms with Crippen LogP contribution >= 0.6 is 24.0 Å². The average molecular weight is 520 g/mol. The lowest BCUT2D eigenvalue weighted by Crippen LogP contribution is -2.44. The van der Waals surface area contributed by atoms with Gasteiger partial charge in [0.2, 0.25) is 11.8 Å². The van der Waals surface area contributed by atoms with Gasteiger partial charge in [-0.25, -0.2) is 9.67 Å². The van der Waals surface area contributed by atoms with Crippen molar-refractivity contribution < 1.29 is 9.53 Å². The Kier molecular flexibility index (Phi) is 11.4. The van der Waals surface area contributed by atoms with Crippen LogP contribution in [0.5, 0.6) is 5.88 Å². The second-order valence-corrected chi connectivity index (χ2v) is 7.60. The number of hydrogen-bond donors (Lipinski definition) is 2. The quantitative estimate of drug-likeness (QED) is 0.312. The van der Waals surface area contributed by atoms with Gasteiger partial charge in [-0.2, -0.15) is 5.10 Å². The number of halogens is 1. The molecule has 1 fully saturated rings. The lowest BCUT2D eigenvalue weighted by molar-refractivity contribution is -0.127. The van der Waals surface area contributed by atoms with Gasteiger partial charge >= 0.3 is 0 Å². The van der Waals surface area contributed by atoms with E-state index in [1.54, 1.807) is 30.8 Å². The molecule has 2 N–H and O–H groups in total. The first-order valence-electron chi connectivity index (χ1n) is 10.3. The van der Waals surface area contributed by atoms with Crippen LogP contribution in [-0.2, 0) is 24.8 Å². The minimum atomic E-state index is 0. The Morgan fingerprint density at radius 2 is 1.97 bits per heavy atom. The molecule has 0 bridgehead atoms. The Labute approximate surface area is 191 Å². The highest BCUT2D eigenvalue weighted by molar-refractivity contribution is 14.0. The van der Waals surface area contributed by atoms with E-state index in [0.29, 0.717) is 18.4 Å². The van der Waals surface area contributed by atoms with Crippen LogP contribution in [0.15, 0.2) is 4.99 Å². The van der Waals surface area contributed by atoms with E-state index in [-0.39, 0.29) is 36.4 Å². The summed E-state index contributed by atoms with van der Waals surface area (Å²) in [5, 5.41) is 11.1. The summed E-state index contributed by atoms with van der Waals surface area (Å²) in [5.74, 6) is 2.08. The predicted molar refractivity (Wildman–Crippen MR) is 127 cm³/mol. The Morgan fingerprint density at radius 1 is 1.28 bits per heavy atom. The molecule has 2 rings (SSSR count). The molecule has 0 saturated heterocycles. The molecule has 1 aromatic heterocycles. The van der Waals surface area contributed by atoms with E-state index in [1.165, 1.54) is 32.1 Å². The van der Waals surface area contributed by atoms with Crippen molar-refractivity contribution in [2.45, 2.75) is 52.0 Å². The molecule has 166 valence electrons. The molecule has 0 aliphatic heterocycles. The average Bonchev–Trinajstić information content (AvgIpc) is 3.02. The van der Waals surface area contributed by atoms with Gasteiger partial charge in [0.1, 0.15) is 0 Å². The van der Waals surface area contributed by atoms with Crippen molar-refractivity contribution in [2.75, 3.05) is 34.3 Å². The molecular weight excluding hydrogens is 483 g/mol. The number of methoxy groups -OCH3 is 1. The number of amides is 1.